The number of imide groups is 1. The van der Waals surface area contributed by atoms with Gasteiger partial charge in [-0.15, -0.1) is 0 Å². The number of benzene rings is 2. The number of hydrogen-bond donors (Lipinski definition) is 0. The van der Waals surface area contributed by atoms with Gasteiger partial charge in [0.15, 0.2) is 0 Å². The van der Waals surface area contributed by atoms with E-state index in [-0.39, 0.29) is 17.3 Å². The molecule has 1 heterocycles. The molecule has 0 radical (unpaired) electrons. The first kappa shape index (κ1) is 18.7. The van der Waals surface area contributed by atoms with E-state index in [4.69, 9.17) is 4.74 Å². The summed E-state index contributed by atoms with van der Waals surface area (Å²) >= 11 is 4.45. The number of thioether (sulfide) groups is 1. The van der Waals surface area contributed by atoms with Crippen LogP contribution in [0.5, 0.6) is 5.75 Å². The highest BCUT2D eigenvalue weighted by atomic mass is 79.9. The molecule has 2 aromatic carbocycles. The maximum absolute atomic E-state index is 12.6. The molecule has 6 heteroatoms. The summed E-state index contributed by atoms with van der Waals surface area (Å²) in [4.78, 5) is 26.5. The average molecular weight is 432 g/mol. The van der Waals surface area contributed by atoms with Gasteiger partial charge in [-0.1, -0.05) is 31.2 Å². The van der Waals surface area contributed by atoms with Gasteiger partial charge in [0.1, 0.15) is 5.75 Å². The van der Waals surface area contributed by atoms with Gasteiger partial charge in [-0.05, 0) is 76.9 Å². The first-order valence-corrected chi connectivity index (χ1v) is 9.89. The van der Waals surface area contributed by atoms with Crippen LogP contribution in [0.4, 0.5) is 10.5 Å². The van der Waals surface area contributed by atoms with Gasteiger partial charge in [-0.2, -0.15) is 0 Å². The fraction of sp³-hybridized carbons (Fsp3) is 0.200. The zero-order chi connectivity index (χ0) is 18.7. The molecule has 0 bridgehead atoms. The Labute approximate surface area is 165 Å². The van der Waals surface area contributed by atoms with E-state index in [1.165, 1.54) is 4.90 Å². The molecule has 1 aliphatic rings. The molecule has 0 aliphatic carbocycles. The van der Waals surface area contributed by atoms with Gasteiger partial charge in [0.25, 0.3) is 11.1 Å². The number of nitrogens with zero attached hydrogens (tertiary/aromatic N) is 1. The fourth-order valence-corrected chi connectivity index (χ4v) is 3.75. The topological polar surface area (TPSA) is 46.6 Å². The van der Waals surface area contributed by atoms with Crippen molar-refractivity contribution in [2.75, 3.05) is 4.90 Å². The number of halogens is 1. The van der Waals surface area contributed by atoms with Gasteiger partial charge in [0.05, 0.1) is 21.2 Å². The van der Waals surface area contributed by atoms with Crippen LogP contribution in [-0.2, 0) is 4.79 Å². The fourth-order valence-electron chi connectivity index (χ4n) is 2.42. The van der Waals surface area contributed by atoms with Crippen molar-refractivity contribution in [1.82, 2.24) is 0 Å². The van der Waals surface area contributed by atoms with E-state index in [1.807, 2.05) is 31.2 Å². The molecular weight excluding hydrogens is 414 g/mol. The van der Waals surface area contributed by atoms with Crippen LogP contribution in [-0.4, -0.2) is 17.3 Å². The Balaban J connectivity index is 1.83. The smallest absolute Gasteiger partial charge is 0.298 e. The summed E-state index contributed by atoms with van der Waals surface area (Å²) in [5.41, 5.74) is 1.41. The van der Waals surface area contributed by atoms with E-state index >= 15 is 0 Å². The summed E-state index contributed by atoms with van der Waals surface area (Å²) in [6, 6.07) is 14.6. The number of carbonyl (C=O) groups is 2. The minimum atomic E-state index is -0.303. The third kappa shape index (κ3) is 4.02. The Bertz CT molecular complexity index is 867. The zero-order valence-electron chi connectivity index (χ0n) is 14.4. The highest BCUT2D eigenvalue weighted by molar-refractivity contribution is 9.10. The Morgan fingerprint density at radius 3 is 2.58 bits per heavy atom. The van der Waals surface area contributed by atoms with E-state index in [0.717, 1.165) is 34.0 Å². The van der Waals surface area contributed by atoms with Crippen molar-refractivity contribution in [3.8, 4) is 5.75 Å². The monoisotopic (exact) mass is 431 g/mol. The second-order valence-electron chi connectivity index (χ2n) is 5.88. The number of hydrogen-bond acceptors (Lipinski definition) is 4. The summed E-state index contributed by atoms with van der Waals surface area (Å²) in [7, 11) is 0. The lowest BCUT2D eigenvalue weighted by Gasteiger charge is -2.14. The first-order chi connectivity index (χ1) is 12.5. The number of carbonyl (C=O) groups excluding carboxylic acids is 2. The van der Waals surface area contributed by atoms with Crippen LogP contribution in [0, 0.1) is 0 Å². The van der Waals surface area contributed by atoms with Crippen LogP contribution >= 0.6 is 27.7 Å². The molecule has 0 aromatic heterocycles. The van der Waals surface area contributed by atoms with Crippen molar-refractivity contribution in [2.45, 2.75) is 26.4 Å². The molecule has 1 atom stereocenters. The Morgan fingerprint density at radius 2 is 1.92 bits per heavy atom. The minimum absolute atomic E-state index is 0.125. The number of rotatable bonds is 5. The summed E-state index contributed by atoms with van der Waals surface area (Å²) in [6.07, 6.45) is 2.77. The summed E-state index contributed by atoms with van der Waals surface area (Å²) in [5, 5.41) is -0.289. The van der Waals surface area contributed by atoms with Gasteiger partial charge in [-0.3, -0.25) is 9.59 Å². The zero-order valence-corrected chi connectivity index (χ0v) is 16.8. The second-order valence-corrected chi connectivity index (χ2v) is 7.73. The molecule has 0 spiro atoms. The lowest BCUT2D eigenvalue weighted by molar-refractivity contribution is -0.113. The van der Waals surface area contributed by atoms with E-state index in [0.29, 0.717) is 10.6 Å². The molecule has 4 nitrogen and oxygen atoms in total. The molecule has 134 valence electrons. The summed E-state index contributed by atoms with van der Waals surface area (Å²) in [5.74, 6) is 0.455. The van der Waals surface area contributed by atoms with Crippen LogP contribution in [0.15, 0.2) is 57.9 Å². The van der Waals surface area contributed by atoms with Gasteiger partial charge < -0.3 is 4.74 Å². The SMILES string of the molecule is CC[C@H](C)Oc1ccc(/C=C2/SC(=O)N(c3ccccc3)C2=O)cc1Br. The highest BCUT2D eigenvalue weighted by Crippen LogP contribution is 2.36. The number of ether oxygens (including phenoxy) is 1. The highest BCUT2D eigenvalue weighted by Gasteiger charge is 2.36. The average Bonchev–Trinajstić information content (AvgIpc) is 2.91. The Kier molecular flexibility index (Phi) is 5.84. The van der Waals surface area contributed by atoms with Gasteiger partial charge in [0.2, 0.25) is 0 Å². The van der Waals surface area contributed by atoms with E-state index < -0.39 is 0 Å². The van der Waals surface area contributed by atoms with Gasteiger partial charge >= 0.3 is 0 Å². The number of amides is 2. The Morgan fingerprint density at radius 1 is 1.19 bits per heavy atom. The molecule has 3 rings (SSSR count). The third-order valence-electron chi connectivity index (χ3n) is 3.96. The maximum Gasteiger partial charge on any atom is 0.298 e. The van der Waals surface area contributed by atoms with Gasteiger partial charge in [0, 0.05) is 0 Å². The number of para-hydroxylation sites is 1. The van der Waals surface area contributed by atoms with Gasteiger partial charge in [-0.25, -0.2) is 4.90 Å². The predicted octanol–water partition coefficient (Wildman–Crippen LogP) is 5.87. The van der Waals surface area contributed by atoms with Crippen molar-refractivity contribution < 1.29 is 14.3 Å². The standard InChI is InChI=1S/C20H18BrNO3S/c1-3-13(2)25-17-10-9-14(11-16(17)21)12-18-19(23)22(20(24)26-18)15-7-5-4-6-8-15/h4-13H,3H2,1-2H3/b18-12+/t13-/m0/s1. The van der Waals surface area contributed by atoms with Crippen LogP contribution in [0.2, 0.25) is 0 Å². The van der Waals surface area contributed by atoms with Crippen molar-refractivity contribution in [3.05, 3.63) is 63.5 Å². The van der Waals surface area contributed by atoms with Crippen LogP contribution in [0.3, 0.4) is 0 Å². The van der Waals surface area contributed by atoms with E-state index in [9.17, 15) is 9.59 Å². The van der Waals surface area contributed by atoms with E-state index in [2.05, 4.69) is 22.9 Å². The first-order valence-electron chi connectivity index (χ1n) is 8.28. The maximum atomic E-state index is 12.6. The van der Waals surface area contributed by atoms with Crippen molar-refractivity contribution >= 4 is 50.6 Å². The molecule has 0 unspecified atom stereocenters. The van der Waals surface area contributed by atoms with Crippen LogP contribution < -0.4 is 9.64 Å². The molecule has 0 N–H and O–H groups in total. The lowest BCUT2D eigenvalue weighted by atomic mass is 10.2. The van der Waals surface area contributed by atoms with E-state index in [1.54, 1.807) is 30.3 Å². The quantitative estimate of drug-likeness (QED) is 0.555. The van der Waals surface area contributed by atoms with Crippen LogP contribution in [0.1, 0.15) is 25.8 Å². The molecule has 26 heavy (non-hydrogen) atoms. The van der Waals surface area contributed by atoms with Crippen LogP contribution in [0.25, 0.3) is 6.08 Å². The van der Waals surface area contributed by atoms with Crippen molar-refractivity contribution in [3.63, 3.8) is 0 Å². The molecule has 0 saturated carbocycles. The molecule has 1 fully saturated rings. The molecule has 2 aromatic rings. The summed E-state index contributed by atoms with van der Waals surface area (Å²) < 4.78 is 6.64. The summed E-state index contributed by atoms with van der Waals surface area (Å²) in [6.45, 7) is 4.08. The number of anilines is 1. The molecular formula is C20H18BrNO3S. The normalized spacial score (nSPS) is 17.0. The lowest BCUT2D eigenvalue weighted by Crippen LogP contribution is -2.27. The molecule has 1 saturated heterocycles. The van der Waals surface area contributed by atoms with Crippen molar-refractivity contribution in [2.24, 2.45) is 0 Å². The minimum Gasteiger partial charge on any atom is -0.490 e. The van der Waals surface area contributed by atoms with Crippen molar-refractivity contribution in [1.29, 1.82) is 0 Å². The largest absolute Gasteiger partial charge is 0.490 e. The molecule has 1 aliphatic heterocycles. The predicted molar refractivity (Wildman–Crippen MR) is 109 cm³/mol. The third-order valence-corrected chi connectivity index (χ3v) is 5.45. The molecule has 2 amide bonds. The second kappa shape index (κ2) is 8.10. The Hall–Kier alpha value is -2.05.